The lowest BCUT2D eigenvalue weighted by molar-refractivity contribution is 0.0129. The maximum absolute atomic E-state index is 5.54. The summed E-state index contributed by atoms with van der Waals surface area (Å²) in [5, 5.41) is 7.26. The molecule has 2 saturated heterocycles. The van der Waals surface area contributed by atoms with Gasteiger partial charge in [-0.3, -0.25) is 0 Å². The van der Waals surface area contributed by atoms with Crippen LogP contribution in [-0.2, 0) is 4.74 Å². The zero-order chi connectivity index (χ0) is 10.5. The lowest BCUT2D eigenvalue weighted by atomic mass is 10.0. The van der Waals surface area contributed by atoms with E-state index >= 15 is 0 Å². The summed E-state index contributed by atoms with van der Waals surface area (Å²) in [6, 6.07) is 1.38. The van der Waals surface area contributed by atoms with Crippen LogP contribution in [0.15, 0.2) is 0 Å². The highest BCUT2D eigenvalue weighted by Crippen LogP contribution is 2.13. The Balaban J connectivity index is 1.63. The summed E-state index contributed by atoms with van der Waals surface area (Å²) < 4.78 is 5.54. The van der Waals surface area contributed by atoms with Gasteiger partial charge in [0.2, 0.25) is 0 Å². The Bertz CT molecular complexity index is 180. The summed E-state index contributed by atoms with van der Waals surface area (Å²) in [5.74, 6) is 0. The average molecular weight is 212 g/mol. The van der Waals surface area contributed by atoms with Crippen molar-refractivity contribution in [3.05, 3.63) is 0 Å². The van der Waals surface area contributed by atoms with Crippen LogP contribution in [0.1, 0.15) is 39.0 Å². The molecule has 3 atom stereocenters. The van der Waals surface area contributed by atoms with Crippen LogP contribution in [0.25, 0.3) is 0 Å². The van der Waals surface area contributed by atoms with E-state index in [1.807, 2.05) is 0 Å². The van der Waals surface area contributed by atoms with Gasteiger partial charge < -0.3 is 15.4 Å². The van der Waals surface area contributed by atoms with Crippen LogP contribution in [-0.4, -0.2) is 37.9 Å². The molecule has 2 N–H and O–H groups in total. The molecule has 0 saturated carbocycles. The Kier molecular flexibility index (Phi) is 4.42. The fourth-order valence-electron chi connectivity index (χ4n) is 2.59. The first-order valence-electron chi connectivity index (χ1n) is 6.43. The molecule has 0 aromatic heterocycles. The predicted octanol–water partition coefficient (Wildman–Crippen LogP) is 1.29. The number of piperidine rings is 1. The first-order chi connectivity index (χ1) is 7.34. The fourth-order valence-corrected chi connectivity index (χ4v) is 2.59. The summed E-state index contributed by atoms with van der Waals surface area (Å²) in [6.07, 6.45) is 6.87. The molecule has 0 aromatic rings. The molecule has 0 radical (unpaired) electrons. The van der Waals surface area contributed by atoms with Crippen molar-refractivity contribution in [3.8, 4) is 0 Å². The molecule has 2 rings (SSSR count). The third-order valence-corrected chi connectivity index (χ3v) is 3.55. The molecule has 2 aliphatic rings. The molecule has 15 heavy (non-hydrogen) atoms. The van der Waals surface area contributed by atoms with Gasteiger partial charge in [-0.05, 0) is 39.2 Å². The number of hydrogen-bond acceptors (Lipinski definition) is 3. The maximum atomic E-state index is 5.54. The van der Waals surface area contributed by atoms with Gasteiger partial charge >= 0.3 is 0 Å². The molecule has 2 fully saturated rings. The molecule has 0 amide bonds. The molecule has 2 heterocycles. The van der Waals surface area contributed by atoms with Gasteiger partial charge in [0.25, 0.3) is 0 Å². The van der Waals surface area contributed by atoms with E-state index in [4.69, 9.17) is 4.74 Å². The zero-order valence-electron chi connectivity index (χ0n) is 9.80. The van der Waals surface area contributed by atoms with Crippen LogP contribution < -0.4 is 10.6 Å². The Morgan fingerprint density at radius 3 is 3.00 bits per heavy atom. The van der Waals surface area contributed by atoms with Crippen molar-refractivity contribution in [3.63, 3.8) is 0 Å². The topological polar surface area (TPSA) is 33.3 Å². The van der Waals surface area contributed by atoms with Crippen LogP contribution in [0.5, 0.6) is 0 Å². The van der Waals surface area contributed by atoms with E-state index in [2.05, 4.69) is 17.6 Å². The van der Waals surface area contributed by atoms with Crippen LogP contribution in [0, 0.1) is 0 Å². The molecule has 2 aliphatic heterocycles. The summed E-state index contributed by atoms with van der Waals surface area (Å²) >= 11 is 0. The molecule has 0 aromatic carbocycles. The highest BCUT2D eigenvalue weighted by molar-refractivity contribution is 4.79. The molecule has 0 aliphatic carbocycles. The second-order valence-electron chi connectivity index (χ2n) is 4.96. The molecule has 0 spiro atoms. The van der Waals surface area contributed by atoms with E-state index < -0.39 is 0 Å². The van der Waals surface area contributed by atoms with Crippen molar-refractivity contribution in [1.82, 2.24) is 10.6 Å². The van der Waals surface area contributed by atoms with E-state index in [0.717, 1.165) is 13.2 Å². The van der Waals surface area contributed by atoms with Crippen LogP contribution in [0.4, 0.5) is 0 Å². The summed E-state index contributed by atoms with van der Waals surface area (Å²) in [6.45, 7) is 5.44. The second-order valence-corrected chi connectivity index (χ2v) is 4.96. The number of rotatable bonds is 3. The Morgan fingerprint density at radius 2 is 2.27 bits per heavy atom. The minimum atomic E-state index is 0.440. The fraction of sp³-hybridized carbons (Fsp3) is 1.00. The lowest BCUT2D eigenvalue weighted by Gasteiger charge is -2.31. The first-order valence-corrected chi connectivity index (χ1v) is 6.43. The van der Waals surface area contributed by atoms with Gasteiger partial charge in [-0.25, -0.2) is 0 Å². The normalized spacial score (nSPS) is 37.8. The highest BCUT2D eigenvalue weighted by atomic mass is 16.5. The number of nitrogens with one attached hydrogen (secondary N) is 2. The van der Waals surface area contributed by atoms with Crippen molar-refractivity contribution in [1.29, 1.82) is 0 Å². The third kappa shape index (κ3) is 3.74. The molecule has 3 nitrogen and oxygen atoms in total. The van der Waals surface area contributed by atoms with Gasteiger partial charge in [0.15, 0.2) is 0 Å². The Labute approximate surface area is 93.0 Å². The van der Waals surface area contributed by atoms with Crippen molar-refractivity contribution >= 4 is 0 Å². The monoisotopic (exact) mass is 212 g/mol. The van der Waals surface area contributed by atoms with E-state index in [9.17, 15) is 0 Å². The van der Waals surface area contributed by atoms with E-state index in [-0.39, 0.29) is 0 Å². The van der Waals surface area contributed by atoms with E-state index in [1.54, 1.807) is 0 Å². The smallest absolute Gasteiger partial charge is 0.0561 e. The summed E-state index contributed by atoms with van der Waals surface area (Å²) in [5.41, 5.74) is 0. The SMILES string of the molecule is CC1CC(NCC2CCCCN2)CCO1. The van der Waals surface area contributed by atoms with E-state index in [0.29, 0.717) is 18.2 Å². The number of hydrogen-bond donors (Lipinski definition) is 2. The minimum Gasteiger partial charge on any atom is -0.378 e. The zero-order valence-corrected chi connectivity index (χ0v) is 9.80. The first kappa shape index (κ1) is 11.4. The van der Waals surface area contributed by atoms with Crippen molar-refractivity contribution in [2.24, 2.45) is 0 Å². The third-order valence-electron chi connectivity index (χ3n) is 3.55. The lowest BCUT2D eigenvalue weighted by Crippen LogP contribution is -2.47. The Morgan fingerprint density at radius 1 is 1.33 bits per heavy atom. The van der Waals surface area contributed by atoms with Crippen molar-refractivity contribution < 1.29 is 4.74 Å². The minimum absolute atomic E-state index is 0.440. The van der Waals surface area contributed by atoms with Gasteiger partial charge in [0, 0.05) is 25.2 Å². The van der Waals surface area contributed by atoms with Crippen LogP contribution in [0.3, 0.4) is 0 Å². The molecular formula is C12H24N2O. The van der Waals surface area contributed by atoms with Crippen LogP contribution >= 0.6 is 0 Å². The van der Waals surface area contributed by atoms with Gasteiger partial charge in [-0.2, -0.15) is 0 Å². The molecule has 3 unspecified atom stereocenters. The van der Waals surface area contributed by atoms with Gasteiger partial charge in [0.05, 0.1) is 6.10 Å². The van der Waals surface area contributed by atoms with Crippen molar-refractivity contribution in [2.45, 2.75) is 57.2 Å². The largest absolute Gasteiger partial charge is 0.378 e. The predicted molar refractivity (Wildman–Crippen MR) is 62.1 cm³/mol. The highest BCUT2D eigenvalue weighted by Gasteiger charge is 2.20. The standard InChI is InChI=1S/C12H24N2O/c1-10-8-11(5-7-15-10)14-9-12-4-2-3-6-13-12/h10-14H,2-9H2,1H3. The average Bonchev–Trinajstić information content (AvgIpc) is 2.28. The quantitative estimate of drug-likeness (QED) is 0.739. The van der Waals surface area contributed by atoms with Gasteiger partial charge in [-0.1, -0.05) is 6.42 Å². The van der Waals surface area contributed by atoms with Gasteiger partial charge in [-0.15, -0.1) is 0 Å². The molecule has 3 heteroatoms. The Hall–Kier alpha value is -0.120. The maximum Gasteiger partial charge on any atom is 0.0561 e. The summed E-state index contributed by atoms with van der Waals surface area (Å²) in [7, 11) is 0. The molecular weight excluding hydrogens is 188 g/mol. The van der Waals surface area contributed by atoms with Crippen LogP contribution in [0.2, 0.25) is 0 Å². The van der Waals surface area contributed by atoms with Crippen molar-refractivity contribution in [2.75, 3.05) is 19.7 Å². The van der Waals surface area contributed by atoms with E-state index in [1.165, 1.54) is 38.6 Å². The second kappa shape index (κ2) is 5.83. The molecule has 0 bridgehead atoms. The summed E-state index contributed by atoms with van der Waals surface area (Å²) in [4.78, 5) is 0. The molecule has 88 valence electrons. The number of ether oxygens (including phenoxy) is 1. The van der Waals surface area contributed by atoms with Gasteiger partial charge in [0.1, 0.15) is 0 Å².